The zero-order valence-electron chi connectivity index (χ0n) is 9.02. The number of hydrogen-bond acceptors (Lipinski definition) is 3. The number of hydrogen-bond donors (Lipinski definition) is 1. The molecule has 4 heteroatoms. The van der Waals surface area contributed by atoms with Gasteiger partial charge in [-0.05, 0) is 29.8 Å². The van der Waals surface area contributed by atoms with Crippen molar-refractivity contribution in [2.24, 2.45) is 0 Å². The van der Waals surface area contributed by atoms with E-state index in [9.17, 15) is 4.39 Å². The smallest absolute Gasteiger partial charge is 0.165 e. The topological polar surface area (TPSA) is 48.7 Å². The van der Waals surface area contributed by atoms with Gasteiger partial charge >= 0.3 is 0 Å². The van der Waals surface area contributed by atoms with Gasteiger partial charge in [-0.1, -0.05) is 12.1 Å². The van der Waals surface area contributed by atoms with Gasteiger partial charge in [0, 0.05) is 12.7 Å². The van der Waals surface area contributed by atoms with Crippen molar-refractivity contribution in [2.45, 2.75) is 6.54 Å². The first kappa shape index (κ1) is 11.1. The molecule has 0 radical (unpaired) electrons. The van der Waals surface area contributed by atoms with Crippen molar-refractivity contribution in [1.82, 2.24) is 4.98 Å². The highest BCUT2D eigenvalue weighted by molar-refractivity contribution is 5.38. The Kier molecular flexibility index (Phi) is 3.31. The summed E-state index contributed by atoms with van der Waals surface area (Å²) in [7, 11) is 0. The first-order valence-electron chi connectivity index (χ1n) is 5.13. The molecule has 84 valence electrons. The lowest BCUT2D eigenvalue weighted by Gasteiger charge is -2.06. The van der Waals surface area contributed by atoms with Crippen LogP contribution in [0.15, 0.2) is 42.6 Å². The molecular formula is C13H10FN3. The van der Waals surface area contributed by atoms with Crippen LogP contribution in [0.2, 0.25) is 0 Å². The molecule has 2 rings (SSSR count). The van der Waals surface area contributed by atoms with Gasteiger partial charge < -0.3 is 5.32 Å². The third-order valence-corrected chi connectivity index (χ3v) is 2.30. The average Bonchev–Trinajstić information content (AvgIpc) is 2.38. The highest BCUT2D eigenvalue weighted by Gasteiger charge is 2.01. The zero-order chi connectivity index (χ0) is 12.1. The summed E-state index contributed by atoms with van der Waals surface area (Å²) in [5.74, 6) is -0.141. The minimum atomic E-state index is -0.374. The van der Waals surface area contributed by atoms with Crippen LogP contribution in [0, 0.1) is 17.1 Å². The van der Waals surface area contributed by atoms with E-state index in [-0.39, 0.29) is 11.6 Å². The summed E-state index contributed by atoms with van der Waals surface area (Å²) in [5, 5.41) is 11.5. The van der Waals surface area contributed by atoms with Crippen LogP contribution in [0.4, 0.5) is 10.2 Å². The monoisotopic (exact) mass is 227 g/mol. The minimum Gasteiger partial charge on any atom is -0.364 e. The van der Waals surface area contributed by atoms with Crippen LogP contribution in [0.3, 0.4) is 0 Å². The molecule has 0 atom stereocenters. The highest BCUT2D eigenvalue weighted by Crippen LogP contribution is 2.11. The second-order valence-corrected chi connectivity index (χ2v) is 3.50. The molecule has 0 saturated carbocycles. The first-order chi connectivity index (χ1) is 8.29. The zero-order valence-corrected chi connectivity index (χ0v) is 9.02. The molecule has 0 fully saturated rings. The standard InChI is InChI=1S/C13H10FN3/c14-12-2-1-7-16-13(12)17-9-11-5-3-10(8-15)4-6-11/h1-7H,9H2,(H,16,17). The van der Waals surface area contributed by atoms with Crippen molar-refractivity contribution in [2.75, 3.05) is 5.32 Å². The Balaban J connectivity index is 2.03. The summed E-state index contributed by atoms with van der Waals surface area (Å²) in [5.41, 5.74) is 1.58. The molecule has 2 aromatic rings. The maximum Gasteiger partial charge on any atom is 0.165 e. The Hall–Kier alpha value is -2.41. The summed E-state index contributed by atoms with van der Waals surface area (Å²) >= 11 is 0. The molecule has 3 nitrogen and oxygen atoms in total. The fourth-order valence-electron chi connectivity index (χ4n) is 1.40. The number of benzene rings is 1. The summed E-state index contributed by atoms with van der Waals surface area (Å²) in [6.07, 6.45) is 1.53. The fraction of sp³-hybridized carbons (Fsp3) is 0.0769. The second kappa shape index (κ2) is 5.08. The maximum absolute atomic E-state index is 13.2. The van der Waals surface area contributed by atoms with Crippen LogP contribution in [-0.2, 0) is 6.54 Å². The third-order valence-electron chi connectivity index (χ3n) is 2.30. The van der Waals surface area contributed by atoms with E-state index in [0.29, 0.717) is 12.1 Å². The summed E-state index contributed by atoms with van der Waals surface area (Å²) in [6, 6.07) is 12.1. The Morgan fingerprint density at radius 1 is 1.24 bits per heavy atom. The number of aromatic nitrogens is 1. The summed E-state index contributed by atoms with van der Waals surface area (Å²) in [6.45, 7) is 0.472. The van der Waals surface area contributed by atoms with Gasteiger partial charge in [-0.15, -0.1) is 0 Å². The van der Waals surface area contributed by atoms with Crippen molar-refractivity contribution in [3.63, 3.8) is 0 Å². The molecule has 0 amide bonds. The number of pyridine rings is 1. The van der Waals surface area contributed by atoms with E-state index in [1.807, 2.05) is 18.2 Å². The van der Waals surface area contributed by atoms with Gasteiger partial charge in [0.05, 0.1) is 11.6 Å². The predicted octanol–water partition coefficient (Wildman–Crippen LogP) is 2.70. The van der Waals surface area contributed by atoms with Gasteiger partial charge in [-0.2, -0.15) is 5.26 Å². The predicted molar refractivity (Wildman–Crippen MR) is 62.7 cm³/mol. The molecule has 1 heterocycles. The summed E-state index contributed by atoms with van der Waals surface area (Å²) < 4.78 is 13.2. The van der Waals surface area contributed by atoms with Crippen molar-refractivity contribution in [3.05, 3.63) is 59.5 Å². The van der Waals surface area contributed by atoms with E-state index in [1.54, 1.807) is 18.2 Å². The Morgan fingerprint density at radius 3 is 2.65 bits per heavy atom. The van der Waals surface area contributed by atoms with Crippen LogP contribution in [-0.4, -0.2) is 4.98 Å². The van der Waals surface area contributed by atoms with Crippen LogP contribution in [0.1, 0.15) is 11.1 Å². The number of nitrogens with zero attached hydrogens (tertiary/aromatic N) is 2. The van der Waals surface area contributed by atoms with Gasteiger partial charge in [0.25, 0.3) is 0 Å². The molecule has 17 heavy (non-hydrogen) atoms. The van der Waals surface area contributed by atoms with E-state index in [2.05, 4.69) is 10.3 Å². The number of halogens is 1. The lowest BCUT2D eigenvalue weighted by atomic mass is 10.1. The molecule has 0 unspecified atom stereocenters. The van der Waals surface area contributed by atoms with Crippen molar-refractivity contribution in [3.8, 4) is 6.07 Å². The lowest BCUT2D eigenvalue weighted by molar-refractivity contribution is 0.624. The molecule has 0 bridgehead atoms. The third kappa shape index (κ3) is 2.79. The van der Waals surface area contributed by atoms with E-state index >= 15 is 0 Å². The van der Waals surface area contributed by atoms with Crippen molar-refractivity contribution < 1.29 is 4.39 Å². The van der Waals surface area contributed by atoms with Gasteiger partial charge in [0.2, 0.25) is 0 Å². The van der Waals surface area contributed by atoms with E-state index in [1.165, 1.54) is 12.3 Å². The molecule has 0 saturated heterocycles. The minimum absolute atomic E-state index is 0.233. The summed E-state index contributed by atoms with van der Waals surface area (Å²) in [4.78, 5) is 3.89. The van der Waals surface area contributed by atoms with Gasteiger partial charge in [0.15, 0.2) is 11.6 Å². The number of rotatable bonds is 3. The fourth-order valence-corrected chi connectivity index (χ4v) is 1.40. The highest BCUT2D eigenvalue weighted by atomic mass is 19.1. The Bertz CT molecular complexity index is 543. The molecule has 1 N–H and O–H groups in total. The van der Waals surface area contributed by atoms with Crippen molar-refractivity contribution in [1.29, 1.82) is 5.26 Å². The number of nitrogens with one attached hydrogen (secondary N) is 1. The molecule has 0 aliphatic rings. The molecule has 0 spiro atoms. The SMILES string of the molecule is N#Cc1ccc(CNc2ncccc2F)cc1. The molecule has 1 aromatic heterocycles. The molecule has 1 aromatic carbocycles. The van der Waals surface area contributed by atoms with Gasteiger partial charge in [-0.25, -0.2) is 9.37 Å². The maximum atomic E-state index is 13.2. The van der Waals surface area contributed by atoms with E-state index < -0.39 is 0 Å². The second-order valence-electron chi connectivity index (χ2n) is 3.50. The van der Waals surface area contributed by atoms with E-state index in [0.717, 1.165) is 5.56 Å². The van der Waals surface area contributed by atoms with Gasteiger partial charge in [-0.3, -0.25) is 0 Å². The van der Waals surface area contributed by atoms with Crippen LogP contribution in [0.5, 0.6) is 0 Å². The molecular weight excluding hydrogens is 217 g/mol. The van der Waals surface area contributed by atoms with Crippen LogP contribution >= 0.6 is 0 Å². The van der Waals surface area contributed by atoms with Crippen molar-refractivity contribution >= 4 is 5.82 Å². The lowest BCUT2D eigenvalue weighted by Crippen LogP contribution is -2.03. The Morgan fingerprint density at radius 2 is 2.00 bits per heavy atom. The Labute approximate surface area is 98.5 Å². The first-order valence-corrected chi connectivity index (χ1v) is 5.13. The van der Waals surface area contributed by atoms with Crippen LogP contribution < -0.4 is 5.32 Å². The van der Waals surface area contributed by atoms with Gasteiger partial charge in [0.1, 0.15) is 0 Å². The quantitative estimate of drug-likeness (QED) is 0.877. The molecule has 0 aliphatic carbocycles. The number of nitriles is 1. The molecule has 0 aliphatic heterocycles. The average molecular weight is 227 g/mol. The van der Waals surface area contributed by atoms with E-state index in [4.69, 9.17) is 5.26 Å². The normalized spacial score (nSPS) is 9.65. The number of anilines is 1. The largest absolute Gasteiger partial charge is 0.364 e. The van der Waals surface area contributed by atoms with Crippen LogP contribution in [0.25, 0.3) is 0 Å².